The molecule has 7 nitrogen and oxygen atoms in total. The molecule has 0 N–H and O–H groups in total. The van der Waals surface area contributed by atoms with Crippen molar-refractivity contribution >= 4 is 11.8 Å². The monoisotopic (exact) mass is 401 g/mol. The lowest BCUT2D eigenvalue weighted by Crippen LogP contribution is -2.47. The van der Waals surface area contributed by atoms with Crippen molar-refractivity contribution in [3.63, 3.8) is 0 Å². The normalized spacial score (nSPS) is 20.3. The topological polar surface area (TPSA) is 67.4 Å². The summed E-state index contributed by atoms with van der Waals surface area (Å²) in [6.45, 7) is 6.40. The summed E-state index contributed by atoms with van der Waals surface area (Å²) in [5.41, 5.74) is 3.46. The molecule has 0 saturated carbocycles. The Labute approximate surface area is 169 Å². The van der Waals surface area contributed by atoms with E-state index >= 15 is 0 Å². The molecular formula is C20H27N5O2S. The van der Waals surface area contributed by atoms with E-state index in [9.17, 15) is 4.79 Å². The van der Waals surface area contributed by atoms with Gasteiger partial charge in [0, 0.05) is 57.4 Å². The molecule has 2 aromatic rings. The second-order valence-corrected chi connectivity index (χ2v) is 9.03. The molecule has 2 aliphatic heterocycles. The third-order valence-electron chi connectivity index (χ3n) is 6.00. The van der Waals surface area contributed by atoms with Gasteiger partial charge >= 0.3 is 0 Å². The molecule has 0 spiro atoms. The molecule has 2 aromatic heterocycles. The molecule has 8 heteroatoms. The van der Waals surface area contributed by atoms with E-state index in [1.807, 2.05) is 11.8 Å². The largest absolute Gasteiger partial charge is 0.444 e. The Bertz CT molecular complexity index is 879. The number of thioether (sulfide) groups is 1. The smallest absolute Gasteiger partial charge is 0.267 e. The first-order chi connectivity index (χ1) is 13.7. The zero-order valence-electron chi connectivity index (χ0n) is 16.2. The molecule has 3 aliphatic rings. The molecule has 5 rings (SSSR count). The van der Waals surface area contributed by atoms with Crippen molar-refractivity contribution in [2.24, 2.45) is 0 Å². The molecule has 0 bridgehead atoms. The van der Waals surface area contributed by atoms with Crippen LogP contribution in [0.4, 0.5) is 0 Å². The van der Waals surface area contributed by atoms with Crippen molar-refractivity contribution < 1.29 is 4.42 Å². The summed E-state index contributed by atoms with van der Waals surface area (Å²) in [4.78, 5) is 21.8. The van der Waals surface area contributed by atoms with Crippen LogP contribution in [0.25, 0.3) is 0 Å². The molecule has 1 saturated heterocycles. The van der Waals surface area contributed by atoms with Gasteiger partial charge in [0.05, 0.1) is 24.5 Å². The number of hydrogen-bond donors (Lipinski definition) is 0. The van der Waals surface area contributed by atoms with E-state index < -0.39 is 0 Å². The Morgan fingerprint density at radius 3 is 2.75 bits per heavy atom. The summed E-state index contributed by atoms with van der Waals surface area (Å²) in [7, 11) is 0. The van der Waals surface area contributed by atoms with Crippen molar-refractivity contribution in [1.82, 2.24) is 24.6 Å². The van der Waals surface area contributed by atoms with E-state index in [0.717, 1.165) is 92.9 Å². The predicted octanol–water partition coefficient (Wildman–Crippen LogP) is 1.33. The fourth-order valence-electron chi connectivity index (χ4n) is 4.32. The van der Waals surface area contributed by atoms with Gasteiger partial charge in [0.25, 0.3) is 5.56 Å². The van der Waals surface area contributed by atoms with Gasteiger partial charge in [-0.3, -0.25) is 14.6 Å². The molecule has 0 atom stereocenters. The van der Waals surface area contributed by atoms with Crippen molar-refractivity contribution in [2.45, 2.75) is 44.5 Å². The van der Waals surface area contributed by atoms with Crippen LogP contribution in [0.15, 0.2) is 15.3 Å². The first-order valence-electron chi connectivity index (χ1n) is 10.3. The standard InChI is InChI=1S/C20H27N5O2S/c26-20-12-15-14-28-11-4-16(15)22-25(20)10-9-23-5-7-24(8-6-23)13-19-21-17-2-1-3-18(17)27-19/h12H,1-11,13-14H2. The van der Waals surface area contributed by atoms with Crippen molar-refractivity contribution in [3.8, 4) is 0 Å². The number of fused-ring (bicyclic) bond motifs is 2. The highest BCUT2D eigenvalue weighted by Gasteiger charge is 2.22. The molecule has 0 unspecified atom stereocenters. The number of nitrogens with zero attached hydrogens (tertiary/aromatic N) is 5. The average molecular weight is 402 g/mol. The fraction of sp³-hybridized carbons (Fsp3) is 0.650. The van der Waals surface area contributed by atoms with Crippen molar-refractivity contribution in [3.05, 3.63) is 45.0 Å². The van der Waals surface area contributed by atoms with Crippen LogP contribution < -0.4 is 5.56 Å². The molecule has 1 aliphatic carbocycles. The lowest BCUT2D eigenvalue weighted by molar-refractivity contribution is 0.115. The minimum atomic E-state index is 0.0387. The van der Waals surface area contributed by atoms with E-state index in [0.29, 0.717) is 6.54 Å². The van der Waals surface area contributed by atoms with E-state index in [-0.39, 0.29) is 5.56 Å². The van der Waals surface area contributed by atoms with E-state index in [2.05, 4.69) is 19.9 Å². The van der Waals surface area contributed by atoms with Crippen molar-refractivity contribution in [1.29, 1.82) is 0 Å². The minimum Gasteiger partial charge on any atom is -0.444 e. The Hall–Kier alpha value is -1.64. The van der Waals surface area contributed by atoms with Crippen LogP contribution in [0.5, 0.6) is 0 Å². The zero-order chi connectivity index (χ0) is 18.9. The number of piperazine rings is 1. The number of hydrogen-bond acceptors (Lipinski definition) is 7. The molecule has 150 valence electrons. The van der Waals surface area contributed by atoms with Gasteiger partial charge in [0.2, 0.25) is 5.89 Å². The van der Waals surface area contributed by atoms with Crippen LogP contribution in [0.3, 0.4) is 0 Å². The Morgan fingerprint density at radius 1 is 1.04 bits per heavy atom. The quantitative estimate of drug-likeness (QED) is 0.749. The third kappa shape index (κ3) is 3.90. The second-order valence-electron chi connectivity index (χ2n) is 7.93. The number of rotatable bonds is 5. The van der Waals surface area contributed by atoms with E-state index in [4.69, 9.17) is 4.42 Å². The Balaban J connectivity index is 1.12. The zero-order valence-corrected chi connectivity index (χ0v) is 17.0. The van der Waals surface area contributed by atoms with Gasteiger partial charge < -0.3 is 4.42 Å². The van der Waals surface area contributed by atoms with Crippen LogP contribution in [0.2, 0.25) is 0 Å². The fourth-order valence-corrected chi connectivity index (χ4v) is 5.27. The molecule has 1 fully saturated rings. The van der Waals surface area contributed by atoms with Gasteiger partial charge in [-0.1, -0.05) is 0 Å². The van der Waals surface area contributed by atoms with Gasteiger partial charge in [0.15, 0.2) is 0 Å². The van der Waals surface area contributed by atoms with Gasteiger partial charge in [-0.05, 0) is 24.2 Å². The SMILES string of the molecule is O=c1cc2c(nn1CCN1CCN(Cc3nc4c(o3)CCC4)CC1)CCSC2. The van der Waals surface area contributed by atoms with Crippen molar-refractivity contribution in [2.75, 3.05) is 38.5 Å². The highest BCUT2D eigenvalue weighted by Crippen LogP contribution is 2.23. The molecule has 0 radical (unpaired) electrons. The average Bonchev–Trinajstić information content (AvgIpc) is 3.29. The predicted molar refractivity (Wildman–Crippen MR) is 109 cm³/mol. The molecule has 4 heterocycles. The van der Waals surface area contributed by atoms with Gasteiger partial charge in [-0.2, -0.15) is 16.9 Å². The molecule has 0 aromatic carbocycles. The van der Waals surface area contributed by atoms with Gasteiger partial charge in [-0.15, -0.1) is 0 Å². The molecule has 0 amide bonds. The van der Waals surface area contributed by atoms with Gasteiger partial charge in [0.1, 0.15) is 5.76 Å². The minimum absolute atomic E-state index is 0.0387. The maximum absolute atomic E-state index is 12.3. The maximum atomic E-state index is 12.3. The maximum Gasteiger partial charge on any atom is 0.267 e. The summed E-state index contributed by atoms with van der Waals surface area (Å²) < 4.78 is 7.57. The van der Waals surface area contributed by atoms with Crippen LogP contribution in [0, 0.1) is 0 Å². The van der Waals surface area contributed by atoms with Gasteiger partial charge in [-0.25, -0.2) is 9.67 Å². The first kappa shape index (κ1) is 18.4. The summed E-state index contributed by atoms with van der Waals surface area (Å²) in [6, 6.07) is 1.79. The Morgan fingerprint density at radius 2 is 1.89 bits per heavy atom. The van der Waals surface area contributed by atoms with E-state index in [1.165, 1.54) is 12.1 Å². The summed E-state index contributed by atoms with van der Waals surface area (Å²) >= 11 is 1.88. The number of aromatic nitrogens is 3. The van der Waals surface area contributed by atoms with Crippen LogP contribution in [-0.2, 0) is 38.1 Å². The molecular weight excluding hydrogens is 374 g/mol. The summed E-state index contributed by atoms with van der Waals surface area (Å²) in [5, 5.41) is 4.63. The van der Waals surface area contributed by atoms with Crippen LogP contribution in [-0.4, -0.2) is 63.0 Å². The number of oxazole rings is 1. The lowest BCUT2D eigenvalue weighted by Gasteiger charge is -2.34. The molecule has 28 heavy (non-hydrogen) atoms. The van der Waals surface area contributed by atoms with Crippen LogP contribution in [0.1, 0.15) is 35.0 Å². The highest BCUT2D eigenvalue weighted by molar-refractivity contribution is 7.98. The third-order valence-corrected chi connectivity index (χ3v) is 7.00. The van der Waals surface area contributed by atoms with Crippen LogP contribution >= 0.6 is 11.8 Å². The number of aryl methyl sites for hydroxylation is 3. The first-order valence-corrected chi connectivity index (χ1v) is 11.5. The lowest BCUT2D eigenvalue weighted by atomic mass is 10.2. The second kappa shape index (κ2) is 8.00. The summed E-state index contributed by atoms with van der Waals surface area (Å²) in [6.07, 6.45) is 4.27. The summed E-state index contributed by atoms with van der Waals surface area (Å²) in [5.74, 6) is 4.01. The van der Waals surface area contributed by atoms with E-state index in [1.54, 1.807) is 10.7 Å². The Kier molecular flexibility index (Phi) is 5.26. The highest BCUT2D eigenvalue weighted by atomic mass is 32.2.